The molecule has 0 spiro atoms. The van der Waals surface area contributed by atoms with Gasteiger partial charge in [-0.1, -0.05) is 32.4 Å². The van der Waals surface area contributed by atoms with Gasteiger partial charge in [0, 0.05) is 18.2 Å². The molecule has 0 bridgehead atoms. The van der Waals surface area contributed by atoms with Crippen LogP contribution in [0.3, 0.4) is 0 Å². The molecule has 0 aliphatic rings. The first-order chi connectivity index (χ1) is 14.5. The minimum absolute atomic E-state index is 0.247. The van der Waals surface area contributed by atoms with E-state index in [-0.39, 0.29) is 12.0 Å². The van der Waals surface area contributed by atoms with Crippen LogP contribution in [0.4, 0.5) is 11.8 Å². The fraction of sp³-hybridized carbons (Fsp3) is 0.500. The summed E-state index contributed by atoms with van der Waals surface area (Å²) in [6.45, 7) is 8.88. The molecule has 0 saturated carbocycles. The summed E-state index contributed by atoms with van der Waals surface area (Å²) in [5.41, 5.74) is 9.61. The Hall–Kier alpha value is -2.87. The number of nitrogens with two attached hydrogens (primary N) is 1. The molecule has 3 aromatic rings. The highest BCUT2D eigenvalue weighted by Crippen LogP contribution is 2.26. The summed E-state index contributed by atoms with van der Waals surface area (Å²) in [5, 5.41) is 11.5. The van der Waals surface area contributed by atoms with Crippen molar-refractivity contribution < 1.29 is 4.74 Å². The van der Waals surface area contributed by atoms with E-state index in [2.05, 4.69) is 59.6 Å². The molecule has 0 aliphatic heterocycles. The molecule has 0 aliphatic carbocycles. The molecule has 2 heterocycles. The van der Waals surface area contributed by atoms with Gasteiger partial charge in [0.25, 0.3) is 0 Å². The minimum Gasteiger partial charge on any atom is -0.496 e. The number of nitrogens with zero attached hydrogens (tertiary/aromatic N) is 4. The Kier molecular flexibility index (Phi) is 7.46. The second kappa shape index (κ2) is 10.2. The summed E-state index contributed by atoms with van der Waals surface area (Å²) >= 11 is 0. The molecule has 2 aromatic heterocycles. The molecule has 8 heteroatoms. The largest absolute Gasteiger partial charge is 0.496 e. The van der Waals surface area contributed by atoms with Gasteiger partial charge in [-0.3, -0.25) is 4.68 Å². The molecule has 4 N–H and O–H groups in total. The summed E-state index contributed by atoms with van der Waals surface area (Å²) < 4.78 is 7.53. The average molecular weight is 412 g/mol. The maximum atomic E-state index is 5.89. The second-order valence-electron chi connectivity index (χ2n) is 7.52. The van der Waals surface area contributed by atoms with Gasteiger partial charge >= 0.3 is 0 Å². The Morgan fingerprint density at radius 2 is 2.00 bits per heavy atom. The van der Waals surface area contributed by atoms with Crippen LogP contribution in [0.5, 0.6) is 5.75 Å². The molecule has 1 atom stereocenters. The number of fused-ring (bicyclic) bond motifs is 1. The molecule has 162 valence electrons. The van der Waals surface area contributed by atoms with Crippen LogP contribution in [0, 0.1) is 0 Å². The van der Waals surface area contributed by atoms with E-state index < -0.39 is 0 Å². The molecule has 0 fully saturated rings. The third-order valence-corrected chi connectivity index (χ3v) is 5.09. The van der Waals surface area contributed by atoms with E-state index in [0.717, 1.165) is 54.7 Å². The lowest BCUT2D eigenvalue weighted by atomic mass is 10.0. The Bertz CT molecular complexity index is 970. The quantitative estimate of drug-likeness (QED) is 0.413. The van der Waals surface area contributed by atoms with E-state index in [0.29, 0.717) is 12.4 Å². The number of anilines is 2. The first-order valence-corrected chi connectivity index (χ1v) is 10.7. The molecular weight excluding hydrogens is 378 g/mol. The lowest BCUT2D eigenvalue weighted by molar-refractivity contribution is 0.406. The SMILES string of the molecule is CCCCNc1nc(N)nc2cn(Cc3ccc([C@H](C)NCCC)cc3OC)nc12. The number of nitrogens with one attached hydrogen (secondary N) is 2. The number of unbranched alkanes of at least 4 members (excludes halogenated alkanes) is 1. The summed E-state index contributed by atoms with van der Waals surface area (Å²) in [6, 6.07) is 6.62. The molecular formula is C22H33N7O. The molecule has 8 nitrogen and oxygen atoms in total. The second-order valence-corrected chi connectivity index (χ2v) is 7.52. The average Bonchev–Trinajstić information content (AvgIpc) is 3.14. The highest BCUT2D eigenvalue weighted by molar-refractivity contribution is 5.85. The lowest BCUT2D eigenvalue weighted by Gasteiger charge is -2.16. The minimum atomic E-state index is 0.247. The lowest BCUT2D eigenvalue weighted by Crippen LogP contribution is -2.19. The number of hydrogen-bond donors (Lipinski definition) is 3. The number of ether oxygens (including phenoxy) is 1. The monoisotopic (exact) mass is 411 g/mol. The number of aromatic nitrogens is 4. The first-order valence-electron chi connectivity index (χ1n) is 10.7. The van der Waals surface area contributed by atoms with Crippen molar-refractivity contribution in [2.24, 2.45) is 0 Å². The zero-order chi connectivity index (χ0) is 21.5. The van der Waals surface area contributed by atoms with Gasteiger partial charge in [-0.15, -0.1) is 0 Å². The van der Waals surface area contributed by atoms with Crippen molar-refractivity contribution in [2.75, 3.05) is 31.2 Å². The van der Waals surface area contributed by atoms with Gasteiger partial charge in [-0.05, 0) is 37.9 Å². The molecule has 3 rings (SSSR count). The van der Waals surface area contributed by atoms with E-state index >= 15 is 0 Å². The summed E-state index contributed by atoms with van der Waals surface area (Å²) in [5.74, 6) is 1.78. The fourth-order valence-corrected chi connectivity index (χ4v) is 3.38. The van der Waals surface area contributed by atoms with Gasteiger partial charge < -0.3 is 21.1 Å². The normalized spacial score (nSPS) is 12.3. The highest BCUT2D eigenvalue weighted by atomic mass is 16.5. The Morgan fingerprint density at radius 1 is 1.17 bits per heavy atom. The van der Waals surface area contributed by atoms with Gasteiger partial charge in [0.15, 0.2) is 11.3 Å². The molecule has 0 unspecified atom stereocenters. The molecule has 0 amide bonds. The number of rotatable bonds is 11. The van der Waals surface area contributed by atoms with E-state index in [1.54, 1.807) is 7.11 Å². The van der Waals surface area contributed by atoms with Crippen LogP contribution in [0.1, 0.15) is 57.2 Å². The van der Waals surface area contributed by atoms with Crippen molar-refractivity contribution in [1.29, 1.82) is 0 Å². The van der Waals surface area contributed by atoms with Crippen LogP contribution in [-0.4, -0.2) is 39.9 Å². The maximum absolute atomic E-state index is 5.89. The van der Waals surface area contributed by atoms with Crippen molar-refractivity contribution in [2.45, 2.75) is 52.6 Å². The fourth-order valence-electron chi connectivity index (χ4n) is 3.38. The summed E-state index contributed by atoms with van der Waals surface area (Å²) in [6.07, 6.45) is 5.17. The van der Waals surface area contributed by atoms with Gasteiger partial charge in [0.1, 0.15) is 11.3 Å². The summed E-state index contributed by atoms with van der Waals surface area (Å²) in [4.78, 5) is 8.67. The maximum Gasteiger partial charge on any atom is 0.222 e. The van der Waals surface area contributed by atoms with Crippen LogP contribution in [0.15, 0.2) is 24.4 Å². The van der Waals surface area contributed by atoms with E-state index in [1.165, 1.54) is 5.56 Å². The Morgan fingerprint density at radius 3 is 2.73 bits per heavy atom. The van der Waals surface area contributed by atoms with Crippen molar-refractivity contribution in [3.05, 3.63) is 35.5 Å². The number of nitrogen functional groups attached to an aromatic ring is 1. The molecule has 0 saturated heterocycles. The summed E-state index contributed by atoms with van der Waals surface area (Å²) in [7, 11) is 1.70. The molecule has 30 heavy (non-hydrogen) atoms. The van der Waals surface area contributed by atoms with Crippen molar-refractivity contribution in [3.8, 4) is 5.75 Å². The van der Waals surface area contributed by atoms with Crippen LogP contribution >= 0.6 is 0 Å². The zero-order valence-electron chi connectivity index (χ0n) is 18.4. The smallest absolute Gasteiger partial charge is 0.222 e. The Labute approximate surface area is 178 Å². The topological polar surface area (TPSA) is 103 Å². The molecule has 1 aromatic carbocycles. The Balaban J connectivity index is 1.84. The van der Waals surface area contributed by atoms with Crippen molar-refractivity contribution >= 4 is 22.8 Å². The number of methoxy groups -OCH3 is 1. The van der Waals surface area contributed by atoms with Gasteiger partial charge in [-0.2, -0.15) is 10.1 Å². The zero-order valence-corrected chi connectivity index (χ0v) is 18.4. The predicted molar refractivity (Wildman–Crippen MR) is 122 cm³/mol. The van der Waals surface area contributed by atoms with Crippen molar-refractivity contribution in [3.63, 3.8) is 0 Å². The predicted octanol–water partition coefficient (Wildman–Crippen LogP) is 3.74. The van der Waals surface area contributed by atoms with Crippen LogP contribution in [0.2, 0.25) is 0 Å². The van der Waals surface area contributed by atoms with Gasteiger partial charge in [0.05, 0.1) is 19.9 Å². The molecule has 0 radical (unpaired) electrons. The van der Waals surface area contributed by atoms with Gasteiger partial charge in [0.2, 0.25) is 5.95 Å². The first kappa shape index (κ1) is 21.8. The van der Waals surface area contributed by atoms with Crippen LogP contribution < -0.4 is 21.1 Å². The van der Waals surface area contributed by atoms with E-state index in [1.807, 2.05) is 10.9 Å². The number of hydrogen-bond acceptors (Lipinski definition) is 7. The van der Waals surface area contributed by atoms with Crippen molar-refractivity contribution in [1.82, 2.24) is 25.1 Å². The standard InChI is InChI=1S/C22H33N7O/c1-5-7-11-25-21-20-18(26-22(23)27-21)14-29(28-20)13-17-9-8-16(12-19(17)30-4)15(3)24-10-6-2/h8-9,12,14-15,24H,5-7,10-11,13H2,1-4H3,(H3,23,25,26,27)/t15-/m0/s1. The number of benzene rings is 1. The highest BCUT2D eigenvalue weighted by Gasteiger charge is 2.14. The third-order valence-electron chi connectivity index (χ3n) is 5.09. The van der Waals surface area contributed by atoms with Crippen LogP contribution in [-0.2, 0) is 6.54 Å². The van der Waals surface area contributed by atoms with Crippen LogP contribution in [0.25, 0.3) is 11.0 Å². The third kappa shape index (κ3) is 5.18. The van der Waals surface area contributed by atoms with E-state index in [9.17, 15) is 0 Å². The van der Waals surface area contributed by atoms with Gasteiger partial charge in [-0.25, -0.2) is 4.98 Å². The van der Waals surface area contributed by atoms with E-state index in [4.69, 9.17) is 15.6 Å².